The lowest BCUT2D eigenvalue weighted by atomic mass is 9.74. The number of likely N-dealkylation sites (N-methyl/N-ethyl adjacent to an activating group) is 1. The zero-order valence-electron chi connectivity index (χ0n) is 18.5. The maximum Gasteiger partial charge on any atom is 0.317 e. The number of likely N-dealkylation sites (tertiary alicyclic amines) is 1. The second-order valence-corrected chi connectivity index (χ2v) is 9.28. The summed E-state index contributed by atoms with van der Waals surface area (Å²) in [6.07, 6.45) is 3.32. The molecule has 2 aliphatic rings. The van der Waals surface area contributed by atoms with Crippen molar-refractivity contribution in [3.05, 3.63) is 12.2 Å². The van der Waals surface area contributed by atoms with Crippen molar-refractivity contribution in [3.8, 4) is 0 Å². The predicted molar refractivity (Wildman–Crippen MR) is 114 cm³/mol. The smallest absolute Gasteiger partial charge is 0.317 e. The van der Waals surface area contributed by atoms with Crippen molar-refractivity contribution in [2.75, 3.05) is 46.8 Å². The molecule has 0 aromatic rings. The molecule has 2 rings (SSSR count). The molecule has 1 aliphatic heterocycles. The molecule has 0 unspecified atom stereocenters. The van der Waals surface area contributed by atoms with Crippen molar-refractivity contribution in [3.63, 3.8) is 0 Å². The van der Waals surface area contributed by atoms with Crippen molar-refractivity contribution >= 4 is 11.8 Å². The SMILES string of the molecule is C=C1C[C@@H]2[C@@H](CC1=O)C[C@H](NC(=O)N(CCN(C)C)CC(C)C)CN2CCC. The number of fused-ring (bicyclic) bond motifs is 1. The quantitative estimate of drug-likeness (QED) is 0.645. The Morgan fingerprint density at radius 3 is 2.61 bits per heavy atom. The van der Waals surface area contributed by atoms with Gasteiger partial charge in [-0.3, -0.25) is 9.69 Å². The molecular weight excluding hydrogens is 352 g/mol. The molecular formula is C22H40N4O2. The highest BCUT2D eigenvalue weighted by molar-refractivity contribution is 5.95. The lowest BCUT2D eigenvalue weighted by Gasteiger charge is -2.47. The summed E-state index contributed by atoms with van der Waals surface area (Å²) >= 11 is 0. The Hall–Kier alpha value is -1.40. The van der Waals surface area contributed by atoms with Crippen molar-refractivity contribution in [1.29, 1.82) is 0 Å². The number of piperidine rings is 1. The number of hydrogen-bond acceptors (Lipinski definition) is 4. The summed E-state index contributed by atoms with van der Waals surface area (Å²) in [7, 11) is 4.06. The number of amides is 2. The number of ketones is 1. The average molecular weight is 393 g/mol. The van der Waals surface area contributed by atoms with E-state index in [1.807, 2.05) is 19.0 Å². The van der Waals surface area contributed by atoms with Gasteiger partial charge in [0.1, 0.15) is 0 Å². The average Bonchev–Trinajstić information content (AvgIpc) is 2.60. The number of nitrogens with one attached hydrogen (secondary N) is 1. The van der Waals surface area contributed by atoms with Crippen molar-refractivity contribution in [2.24, 2.45) is 11.8 Å². The van der Waals surface area contributed by atoms with Gasteiger partial charge in [0.2, 0.25) is 0 Å². The third-order valence-corrected chi connectivity index (χ3v) is 5.88. The molecule has 160 valence electrons. The summed E-state index contributed by atoms with van der Waals surface area (Å²) in [6.45, 7) is 14.7. The van der Waals surface area contributed by atoms with Crippen molar-refractivity contribution in [2.45, 2.75) is 58.5 Å². The van der Waals surface area contributed by atoms with Gasteiger partial charge in [0.05, 0.1) is 0 Å². The first-order valence-electron chi connectivity index (χ1n) is 10.9. The van der Waals surface area contributed by atoms with E-state index in [2.05, 4.69) is 42.5 Å². The van der Waals surface area contributed by atoms with Crippen molar-refractivity contribution < 1.29 is 9.59 Å². The predicted octanol–water partition coefficient (Wildman–Crippen LogP) is 2.60. The molecule has 2 amide bonds. The summed E-state index contributed by atoms with van der Waals surface area (Å²) in [4.78, 5) is 31.7. The summed E-state index contributed by atoms with van der Waals surface area (Å²) in [5.74, 6) is 0.961. The van der Waals surface area contributed by atoms with E-state index in [9.17, 15) is 9.59 Å². The Morgan fingerprint density at radius 2 is 2.00 bits per heavy atom. The fourth-order valence-electron chi connectivity index (χ4n) is 4.53. The van der Waals surface area contributed by atoms with E-state index in [0.717, 1.165) is 57.6 Å². The minimum atomic E-state index is 0.0296. The van der Waals surface area contributed by atoms with Gasteiger partial charge in [-0.25, -0.2) is 4.79 Å². The zero-order chi connectivity index (χ0) is 20.8. The molecule has 28 heavy (non-hydrogen) atoms. The van der Waals surface area contributed by atoms with Gasteiger partial charge in [0, 0.05) is 44.7 Å². The molecule has 1 saturated heterocycles. The van der Waals surface area contributed by atoms with Crippen LogP contribution in [0, 0.1) is 11.8 Å². The highest BCUT2D eigenvalue weighted by Crippen LogP contribution is 2.35. The Morgan fingerprint density at radius 1 is 1.29 bits per heavy atom. The summed E-state index contributed by atoms with van der Waals surface area (Å²) in [5.41, 5.74) is 0.775. The van der Waals surface area contributed by atoms with Crippen LogP contribution in [0.3, 0.4) is 0 Å². The maximum atomic E-state index is 13.0. The monoisotopic (exact) mass is 392 g/mol. The van der Waals surface area contributed by atoms with E-state index in [1.54, 1.807) is 0 Å². The number of urea groups is 1. The van der Waals surface area contributed by atoms with E-state index >= 15 is 0 Å². The van der Waals surface area contributed by atoms with Crippen LogP contribution in [0.4, 0.5) is 4.79 Å². The first-order valence-corrected chi connectivity index (χ1v) is 10.9. The van der Waals surface area contributed by atoms with Crippen LogP contribution < -0.4 is 5.32 Å². The molecule has 1 saturated carbocycles. The molecule has 6 nitrogen and oxygen atoms in total. The summed E-state index contributed by atoms with van der Waals surface area (Å²) < 4.78 is 0. The molecule has 0 radical (unpaired) electrons. The van der Waals surface area contributed by atoms with Crippen LogP contribution >= 0.6 is 0 Å². The molecule has 1 N–H and O–H groups in total. The van der Waals surface area contributed by atoms with Crippen LogP contribution in [0.25, 0.3) is 0 Å². The van der Waals surface area contributed by atoms with E-state index in [4.69, 9.17) is 0 Å². The largest absolute Gasteiger partial charge is 0.334 e. The van der Waals surface area contributed by atoms with E-state index in [0.29, 0.717) is 24.3 Å². The van der Waals surface area contributed by atoms with Crippen LogP contribution in [0.2, 0.25) is 0 Å². The maximum absolute atomic E-state index is 13.0. The van der Waals surface area contributed by atoms with Crippen LogP contribution in [0.15, 0.2) is 12.2 Å². The van der Waals surface area contributed by atoms with E-state index < -0.39 is 0 Å². The Kier molecular flexibility index (Phi) is 8.50. The van der Waals surface area contributed by atoms with Crippen LogP contribution in [-0.2, 0) is 4.79 Å². The topological polar surface area (TPSA) is 55.9 Å². The van der Waals surface area contributed by atoms with Crippen LogP contribution in [0.5, 0.6) is 0 Å². The number of hydrogen-bond donors (Lipinski definition) is 1. The second-order valence-electron chi connectivity index (χ2n) is 9.28. The van der Waals surface area contributed by atoms with Gasteiger partial charge in [-0.1, -0.05) is 27.4 Å². The number of Topliss-reactive ketones (excluding diaryl/α,β-unsaturated/α-hetero) is 1. The zero-order valence-corrected chi connectivity index (χ0v) is 18.5. The Labute approximate surface area is 171 Å². The van der Waals surface area contributed by atoms with Gasteiger partial charge in [0.15, 0.2) is 5.78 Å². The number of carbonyl (C=O) groups is 2. The fraction of sp³-hybridized carbons (Fsp3) is 0.818. The molecule has 3 atom stereocenters. The molecule has 0 spiro atoms. The van der Waals surface area contributed by atoms with E-state index in [1.165, 1.54) is 0 Å². The fourth-order valence-corrected chi connectivity index (χ4v) is 4.53. The van der Waals surface area contributed by atoms with Crippen LogP contribution in [0.1, 0.15) is 46.5 Å². The molecule has 1 heterocycles. The van der Waals surface area contributed by atoms with Gasteiger partial charge in [0.25, 0.3) is 0 Å². The second kappa shape index (κ2) is 10.4. The summed E-state index contributed by atoms with van der Waals surface area (Å²) in [6, 6.07) is 0.536. The third kappa shape index (κ3) is 6.31. The lowest BCUT2D eigenvalue weighted by Crippen LogP contribution is -2.59. The van der Waals surface area contributed by atoms with Crippen LogP contribution in [-0.4, -0.2) is 85.4 Å². The minimum absolute atomic E-state index is 0.0296. The van der Waals surface area contributed by atoms with E-state index in [-0.39, 0.29) is 17.9 Å². The molecule has 0 aromatic carbocycles. The third-order valence-electron chi connectivity index (χ3n) is 5.88. The van der Waals surface area contributed by atoms with Gasteiger partial charge in [-0.15, -0.1) is 0 Å². The minimum Gasteiger partial charge on any atom is -0.334 e. The molecule has 6 heteroatoms. The van der Waals surface area contributed by atoms with Crippen molar-refractivity contribution in [1.82, 2.24) is 20.0 Å². The molecule has 1 aliphatic carbocycles. The molecule has 2 fully saturated rings. The highest BCUT2D eigenvalue weighted by Gasteiger charge is 2.41. The lowest BCUT2D eigenvalue weighted by molar-refractivity contribution is -0.119. The normalized spacial score (nSPS) is 25.9. The highest BCUT2D eigenvalue weighted by atomic mass is 16.2. The standard InChI is InChI=1S/C22H40N4O2/c1-7-8-25-15-19(12-18-13-21(27)17(4)11-20(18)25)23-22(28)26(14-16(2)3)10-9-24(5)6/h16,18-20H,4,7-15H2,1-3,5-6H3,(H,23,28)/t18-,19+,20-/m1/s1. The van der Waals surface area contributed by atoms with Gasteiger partial charge in [-0.2, -0.15) is 0 Å². The van der Waals surface area contributed by atoms with Gasteiger partial charge >= 0.3 is 6.03 Å². The number of carbonyl (C=O) groups excluding carboxylic acids is 2. The summed E-state index contributed by atoms with van der Waals surface area (Å²) in [5, 5.41) is 3.29. The number of rotatable bonds is 8. The van der Waals surface area contributed by atoms with Gasteiger partial charge < -0.3 is 15.1 Å². The van der Waals surface area contributed by atoms with Gasteiger partial charge in [-0.05, 0) is 57.3 Å². The first kappa shape index (κ1) is 22.9. The first-order chi connectivity index (χ1) is 13.2. The molecule has 0 aromatic heterocycles. The Bertz CT molecular complexity index is 561. The molecule has 0 bridgehead atoms. The number of nitrogens with zero attached hydrogens (tertiary/aromatic N) is 3. The Balaban J connectivity index is 2.03.